The molecule has 1 aliphatic rings. The fourth-order valence-electron chi connectivity index (χ4n) is 3.37. The minimum atomic E-state index is 0.0967. The molecule has 0 saturated carbocycles. The summed E-state index contributed by atoms with van der Waals surface area (Å²) in [7, 11) is 0. The number of rotatable bonds is 9. The first kappa shape index (κ1) is 20.9. The number of hydrogen-bond donors (Lipinski definition) is 1. The summed E-state index contributed by atoms with van der Waals surface area (Å²) < 4.78 is 5.15. The predicted molar refractivity (Wildman–Crippen MR) is 113 cm³/mol. The number of hydrogen-bond acceptors (Lipinski definition) is 6. The molecule has 0 atom stereocenters. The second-order valence-electron chi connectivity index (χ2n) is 7.25. The van der Waals surface area contributed by atoms with Gasteiger partial charge in [-0.05, 0) is 19.4 Å². The third-order valence-corrected chi connectivity index (χ3v) is 6.08. The molecule has 2 aromatic rings. The van der Waals surface area contributed by atoms with Crippen molar-refractivity contribution in [2.24, 2.45) is 0 Å². The lowest BCUT2D eigenvalue weighted by atomic mass is 10.2. The Morgan fingerprint density at radius 1 is 1.14 bits per heavy atom. The number of amides is 1. The van der Waals surface area contributed by atoms with Crippen molar-refractivity contribution in [2.45, 2.75) is 26.1 Å². The molecule has 1 saturated heterocycles. The van der Waals surface area contributed by atoms with Crippen molar-refractivity contribution in [3.8, 4) is 0 Å². The maximum absolute atomic E-state index is 12.0. The summed E-state index contributed by atoms with van der Waals surface area (Å²) in [6, 6.07) is 10.6. The Balaban J connectivity index is 1.26. The van der Waals surface area contributed by atoms with Crippen molar-refractivity contribution in [3.63, 3.8) is 0 Å². The topological polar surface area (TPSA) is 61.6 Å². The molecule has 1 aromatic carbocycles. The van der Waals surface area contributed by atoms with Crippen molar-refractivity contribution in [2.75, 3.05) is 45.0 Å². The van der Waals surface area contributed by atoms with Crippen LogP contribution in [0.25, 0.3) is 0 Å². The van der Waals surface area contributed by atoms with E-state index in [1.54, 1.807) is 11.8 Å². The third kappa shape index (κ3) is 6.36. The Morgan fingerprint density at radius 3 is 2.54 bits per heavy atom. The van der Waals surface area contributed by atoms with Crippen LogP contribution in [0.5, 0.6) is 0 Å². The van der Waals surface area contributed by atoms with E-state index in [0.717, 1.165) is 62.0 Å². The highest BCUT2D eigenvalue weighted by Gasteiger charge is 2.17. The van der Waals surface area contributed by atoms with E-state index < -0.39 is 0 Å². The summed E-state index contributed by atoms with van der Waals surface area (Å²) >= 11 is 1.60. The van der Waals surface area contributed by atoms with E-state index in [0.29, 0.717) is 12.3 Å². The van der Waals surface area contributed by atoms with Gasteiger partial charge >= 0.3 is 0 Å². The molecule has 0 unspecified atom stereocenters. The Morgan fingerprint density at radius 2 is 1.86 bits per heavy atom. The van der Waals surface area contributed by atoms with E-state index in [2.05, 4.69) is 50.6 Å². The molecular formula is C21H30N4O2S. The van der Waals surface area contributed by atoms with Gasteiger partial charge in [0.25, 0.3) is 0 Å². The Kier molecular flexibility index (Phi) is 7.94. The summed E-state index contributed by atoms with van der Waals surface area (Å²) in [5, 5.41) is 6.98. The van der Waals surface area contributed by atoms with Gasteiger partial charge in [-0.3, -0.25) is 14.6 Å². The van der Waals surface area contributed by atoms with Gasteiger partial charge in [-0.2, -0.15) is 0 Å². The molecule has 0 aliphatic carbocycles. The smallest absolute Gasteiger partial charge is 0.230 e. The first-order chi connectivity index (χ1) is 13.6. The molecular weight excluding hydrogens is 372 g/mol. The van der Waals surface area contributed by atoms with Gasteiger partial charge in [-0.15, -0.1) is 11.8 Å². The average Bonchev–Trinajstić information content (AvgIpc) is 3.02. The number of nitrogens with zero attached hydrogens (tertiary/aromatic N) is 3. The van der Waals surface area contributed by atoms with Gasteiger partial charge in [-0.1, -0.05) is 35.5 Å². The van der Waals surface area contributed by atoms with Gasteiger partial charge < -0.3 is 9.84 Å². The summed E-state index contributed by atoms with van der Waals surface area (Å²) in [5.74, 6) is 2.17. The predicted octanol–water partition coefficient (Wildman–Crippen LogP) is 2.46. The summed E-state index contributed by atoms with van der Waals surface area (Å²) in [6.45, 7) is 10.8. The third-order valence-electron chi connectivity index (χ3n) is 5.12. The van der Waals surface area contributed by atoms with E-state index in [4.69, 9.17) is 4.52 Å². The quantitative estimate of drug-likeness (QED) is 0.695. The van der Waals surface area contributed by atoms with Crippen LogP contribution in [-0.2, 0) is 17.1 Å². The zero-order valence-electron chi connectivity index (χ0n) is 16.8. The van der Waals surface area contributed by atoms with Crippen molar-refractivity contribution < 1.29 is 9.32 Å². The van der Waals surface area contributed by atoms with Crippen LogP contribution in [0.3, 0.4) is 0 Å². The van der Waals surface area contributed by atoms with Gasteiger partial charge in [0.1, 0.15) is 5.76 Å². The number of benzene rings is 1. The monoisotopic (exact) mass is 402 g/mol. The van der Waals surface area contributed by atoms with Crippen LogP contribution >= 0.6 is 11.8 Å². The van der Waals surface area contributed by atoms with E-state index in [1.165, 1.54) is 5.56 Å². The van der Waals surface area contributed by atoms with Crippen LogP contribution in [0.2, 0.25) is 0 Å². The summed E-state index contributed by atoms with van der Waals surface area (Å²) in [6.07, 6.45) is 0. The molecule has 7 heteroatoms. The van der Waals surface area contributed by atoms with Crippen LogP contribution in [0.15, 0.2) is 34.9 Å². The van der Waals surface area contributed by atoms with Crippen molar-refractivity contribution in [1.82, 2.24) is 20.3 Å². The highest BCUT2D eigenvalue weighted by molar-refractivity contribution is 7.99. The molecule has 2 heterocycles. The molecule has 1 aliphatic heterocycles. The van der Waals surface area contributed by atoms with Crippen molar-refractivity contribution >= 4 is 17.7 Å². The van der Waals surface area contributed by atoms with E-state index in [9.17, 15) is 4.79 Å². The molecule has 0 bridgehead atoms. The zero-order valence-corrected chi connectivity index (χ0v) is 17.6. The number of nitrogens with one attached hydrogen (secondary N) is 1. The number of carbonyl (C=O) groups is 1. The number of aryl methyl sites for hydroxylation is 2. The zero-order chi connectivity index (χ0) is 19.8. The molecule has 0 radical (unpaired) electrons. The molecule has 1 N–H and O–H groups in total. The van der Waals surface area contributed by atoms with Crippen LogP contribution in [0.4, 0.5) is 0 Å². The molecule has 1 aromatic heterocycles. The first-order valence-corrected chi connectivity index (χ1v) is 11.0. The highest BCUT2D eigenvalue weighted by Crippen LogP contribution is 2.19. The maximum atomic E-state index is 12.0. The number of piperazine rings is 1. The Bertz CT molecular complexity index is 723. The largest absolute Gasteiger partial charge is 0.361 e. The molecule has 152 valence electrons. The van der Waals surface area contributed by atoms with Crippen molar-refractivity contribution in [1.29, 1.82) is 0 Å². The first-order valence-electron chi connectivity index (χ1n) is 9.86. The van der Waals surface area contributed by atoms with Gasteiger partial charge in [0.15, 0.2) is 0 Å². The second kappa shape index (κ2) is 10.6. The lowest BCUT2D eigenvalue weighted by Gasteiger charge is -2.34. The number of carbonyl (C=O) groups excluding carboxylic acids is 1. The molecule has 3 rings (SSSR count). The minimum absolute atomic E-state index is 0.0967. The number of thioether (sulfide) groups is 1. The summed E-state index contributed by atoms with van der Waals surface area (Å²) in [4.78, 5) is 17.0. The molecule has 28 heavy (non-hydrogen) atoms. The normalized spacial score (nSPS) is 15.6. The Hall–Kier alpha value is -1.83. The van der Waals surface area contributed by atoms with Crippen LogP contribution < -0.4 is 5.32 Å². The number of aromatic nitrogens is 1. The van der Waals surface area contributed by atoms with Crippen LogP contribution in [0.1, 0.15) is 22.6 Å². The van der Waals surface area contributed by atoms with Crippen LogP contribution in [-0.4, -0.2) is 65.9 Å². The fourth-order valence-corrected chi connectivity index (χ4v) is 4.38. The lowest BCUT2D eigenvalue weighted by Crippen LogP contribution is -2.48. The van der Waals surface area contributed by atoms with E-state index in [-0.39, 0.29) is 5.91 Å². The second-order valence-corrected chi connectivity index (χ2v) is 8.23. The molecule has 1 amide bonds. The van der Waals surface area contributed by atoms with E-state index >= 15 is 0 Å². The van der Waals surface area contributed by atoms with Gasteiger partial charge in [-0.25, -0.2) is 0 Å². The molecule has 0 spiro atoms. The standard InChI is InChI=1S/C21H30N4O2S/c1-17-20(18(2)27-23-17)15-28-16-21(26)22-8-9-24-10-12-25(13-11-24)14-19-6-4-3-5-7-19/h3-7H,8-16H2,1-2H3,(H,22,26). The van der Waals surface area contributed by atoms with Crippen molar-refractivity contribution in [3.05, 3.63) is 52.9 Å². The Labute approximate surface area is 171 Å². The van der Waals surface area contributed by atoms with Crippen LogP contribution in [0, 0.1) is 13.8 Å². The lowest BCUT2D eigenvalue weighted by molar-refractivity contribution is -0.118. The highest BCUT2D eigenvalue weighted by atomic mass is 32.2. The average molecular weight is 403 g/mol. The van der Waals surface area contributed by atoms with Gasteiger partial charge in [0.2, 0.25) is 5.91 Å². The van der Waals surface area contributed by atoms with Gasteiger partial charge in [0.05, 0.1) is 11.4 Å². The van der Waals surface area contributed by atoms with E-state index in [1.807, 2.05) is 13.8 Å². The molecule has 6 nitrogen and oxygen atoms in total. The summed E-state index contributed by atoms with van der Waals surface area (Å²) in [5.41, 5.74) is 3.39. The molecule has 1 fully saturated rings. The fraction of sp³-hybridized carbons (Fsp3) is 0.524. The SMILES string of the molecule is Cc1noc(C)c1CSCC(=O)NCCN1CCN(Cc2ccccc2)CC1. The minimum Gasteiger partial charge on any atom is -0.361 e. The van der Waals surface area contributed by atoms with Gasteiger partial charge in [0, 0.05) is 57.1 Å². The maximum Gasteiger partial charge on any atom is 0.230 e.